The monoisotopic (exact) mass is 325 g/mol. The molecule has 0 saturated carbocycles. The van der Waals surface area contributed by atoms with Crippen molar-refractivity contribution in [1.82, 2.24) is 19.7 Å². The maximum Gasteiger partial charge on any atom is 0.236 e. The van der Waals surface area contributed by atoms with E-state index in [1.54, 1.807) is 12.1 Å². The van der Waals surface area contributed by atoms with E-state index in [0.29, 0.717) is 10.8 Å². The van der Waals surface area contributed by atoms with Gasteiger partial charge in [-0.15, -0.1) is 10.2 Å². The zero-order valence-corrected chi connectivity index (χ0v) is 13.4. The lowest BCUT2D eigenvalue weighted by Gasteiger charge is -2.07. The number of aryl methyl sites for hydroxylation is 1. The molecule has 2 aromatic rings. The highest BCUT2D eigenvalue weighted by atomic mass is 35.5. The summed E-state index contributed by atoms with van der Waals surface area (Å²) in [5.41, 5.74) is 0. The Morgan fingerprint density at radius 3 is 2.90 bits per heavy atom. The van der Waals surface area contributed by atoms with Crippen LogP contribution in [0, 0.1) is 6.92 Å². The molecule has 6 nitrogen and oxygen atoms in total. The third-order valence-corrected chi connectivity index (χ3v) is 3.87. The number of hydrogen-bond acceptors (Lipinski definition) is 5. The maximum atomic E-state index is 11.9. The summed E-state index contributed by atoms with van der Waals surface area (Å²) >= 11 is 7.10. The van der Waals surface area contributed by atoms with Crippen LogP contribution in [-0.4, -0.2) is 31.4 Å². The molecule has 1 amide bonds. The Morgan fingerprint density at radius 2 is 2.24 bits per heavy atom. The number of nitrogens with zero attached hydrogens (tertiary/aromatic N) is 4. The second-order valence-electron chi connectivity index (χ2n) is 4.38. The molecule has 0 aromatic carbocycles. The van der Waals surface area contributed by atoms with E-state index in [-0.39, 0.29) is 11.7 Å². The molecule has 2 aromatic heterocycles. The zero-order valence-electron chi connectivity index (χ0n) is 11.8. The summed E-state index contributed by atoms with van der Waals surface area (Å²) in [5, 5.41) is 12.1. The smallest absolute Gasteiger partial charge is 0.236 e. The third-order valence-electron chi connectivity index (χ3n) is 2.68. The Hall–Kier alpha value is -1.60. The standard InChI is InChI=1S/C13H16ClN5OS/c1-3-6-19-9(2)17-18-13(19)21-8-12(20)16-11-5-4-10(14)7-15-11/h4-5,7H,3,6,8H2,1-2H3,(H,15,16,20). The lowest BCUT2D eigenvalue weighted by atomic mass is 10.4. The molecule has 0 aliphatic heterocycles. The van der Waals surface area contributed by atoms with Crippen LogP contribution >= 0.6 is 23.4 Å². The van der Waals surface area contributed by atoms with Gasteiger partial charge in [0.25, 0.3) is 0 Å². The number of thioether (sulfide) groups is 1. The van der Waals surface area contributed by atoms with Crippen molar-refractivity contribution in [2.75, 3.05) is 11.1 Å². The lowest BCUT2D eigenvalue weighted by Crippen LogP contribution is -2.15. The Morgan fingerprint density at radius 1 is 1.43 bits per heavy atom. The largest absolute Gasteiger partial charge is 0.310 e. The highest BCUT2D eigenvalue weighted by molar-refractivity contribution is 7.99. The fraction of sp³-hybridized carbons (Fsp3) is 0.385. The van der Waals surface area contributed by atoms with Crippen LogP contribution in [0.15, 0.2) is 23.5 Å². The van der Waals surface area contributed by atoms with Crippen molar-refractivity contribution in [2.45, 2.75) is 32.0 Å². The van der Waals surface area contributed by atoms with Gasteiger partial charge in [-0.1, -0.05) is 30.3 Å². The number of halogens is 1. The van der Waals surface area contributed by atoms with Crippen molar-refractivity contribution < 1.29 is 4.79 Å². The molecule has 2 rings (SSSR count). The van der Waals surface area contributed by atoms with Gasteiger partial charge in [0, 0.05) is 12.7 Å². The molecule has 1 N–H and O–H groups in total. The second kappa shape index (κ2) is 7.42. The summed E-state index contributed by atoms with van der Waals surface area (Å²) in [7, 11) is 0. The Balaban J connectivity index is 1.90. The van der Waals surface area contributed by atoms with E-state index >= 15 is 0 Å². The number of pyridine rings is 1. The number of anilines is 1. The number of nitrogens with one attached hydrogen (secondary N) is 1. The molecule has 0 radical (unpaired) electrons. The first-order valence-electron chi connectivity index (χ1n) is 6.54. The molecule has 0 aliphatic rings. The summed E-state index contributed by atoms with van der Waals surface area (Å²) in [6, 6.07) is 3.34. The van der Waals surface area contributed by atoms with Gasteiger partial charge in [-0.25, -0.2) is 4.98 Å². The molecule has 0 fully saturated rings. The summed E-state index contributed by atoms with van der Waals surface area (Å²) in [5.74, 6) is 1.46. The lowest BCUT2D eigenvalue weighted by molar-refractivity contribution is -0.113. The highest BCUT2D eigenvalue weighted by Crippen LogP contribution is 2.17. The Kier molecular flexibility index (Phi) is 5.58. The minimum atomic E-state index is -0.140. The molecule has 0 atom stereocenters. The highest BCUT2D eigenvalue weighted by Gasteiger charge is 2.11. The molecule has 8 heteroatoms. The van der Waals surface area contributed by atoms with Crippen LogP contribution < -0.4 is 5.32 Å². The summed E-state index contributed by atoms with van der Waals surface area (Å²) in [4.78, 5) is 15.9. The van der Waals surface area contributed by atoms with Gasteiger partial charge in [-0.2, -0.15) is 0 Å². The minimum absolute atomic E-state index is 0.140. The second-order valence-corrected chi connectivity index (χ2v) is 5.76. The van der Waals surface area contributed by atoms with E-state index in [2.05, 4.69) is 27.4 Å². The van der Waals surface area contributed by atoms with Gasteiger partial charge >= 0.3 is 0 Å². The van der Waals surface area contributed by atoms with Crippen molar-refractivity contribution in [2.24, 2.45) is 0 Å². The minimum Gasteiger partial charge on any atom is -0.310 e. The SMILES string of the molecule is CCCn1c(C)nnc1SCC(=O)Nc1ccc(Cl)cn1. The molecule has 0 bridgehead atoms. The van der Waals surface area contributed by atoms with E-state index in [0.717, 1.165) is 23.9 Å². The van der Waals surface area contributed by atoms with Crippen molar-refractivity contribution in [3.05, 3.63) is 29.2 Å². The number of carbonyl (C=O) groups excluding carboxylic acids is 1. The molecule has 112 valence electrons. The van der Waals surface area contributed by atoms with Gasteiger partial charge in [-0.3, -0.25) is 4.79 Å². The van der Waals surface area contributed by atoms with Crippen molar-refractivity contribution in [3.8, 4) is 0 Å². The Bertz CT molecular complexity index is 614. The molecular weight excluding hydrogens is 310 g/mol. The fourth-order valence-electron chi connectivity index (χ4n) is 1.71. The number of carbonyl (C=O) groups is 1. The van der Waals surface area contributed by atoms with E-state index in [9.17, 15) is 4.79 Å². The number of aromatic nitrogens is 4. The van der Waals surface area contributed by atoms with Crippen molar-refractivity contribution in [1.29, 1.82) is 0 Å². The molecular formula is C13H16ClN5OS. The molecule has 0 spiro atoms. The number of rotatable bonds is 6. The van der Waals surface area contributed by atoms with Gasteiger partial charge in [-0.05, 0) is 25.5 Å². The zero-order chi connectivity index (χ0) is 15.2. The average Bonchev–Trinajstić information content (AvgIpc) is 2.81. The molecule has 21 heavy (non-hydrogen) atoms. The first-order valence-corrected chi connectivity index (χ1v) is 7.90. The number of hydrogen-bond donors (Lipinski definition) is 1. The Labute approximate surface area is 132 Å². The van der Waals surface area contributed by atoms with Gasteiger partial charge in [0.05, 0.1) is 10.8 Å². The first-order chi connectivity index (χ1) is 10.1. The third kappa shape index (κ3) is 4.44. The summed E-state index contributed by atoms with van der Waals surface area (Å²) < 4.78 is 2.01. The molecule has 0 saturated heterocycles. The molecule has 0 aliphatic carbocycles. The van der Waals surface area contributed by atoms with Crippen molar-refractivity contribution in [3.63, 3.8) is 0 Å². The maximum absolute atomic E-state index is 11.9. The van der Waals surface area contributed by atoms with Crippen LogP contribution in [-0.2, 0) is 11.3 Å². The summed E-state index contributed by atoms with van der Waals surface area (Å²) in [6.45, 7) is 4.85. The van der Waals surface area contributed by atoms with Gasteiger partial charge in [0.2, 0.25) is 5.91 Å². The average molecular weight is 326 g/mol. The van der Waals surface area contributed by atoms with Gasteiger partial charge < -0.3 is 9.88 Å². The van der Waals surface area contributed by atoms with E-state index in [4.69, 9.17) is 11.6 Å². The predicted octanol–water partition coefficient (Wildman–Crippen LogP) is 2.78. The topological polar surface area (TPSA) is 72.7 Å². The molecule has 0 unspecified atom stereocenters. The van der Waals surface area contributed by atoms with Crippen LogP contribution in [0.2, 0.25) is 5.02 Å². The van der Waals surface area contributed by atoms with E-state index < -0.39 is 0 Å². The predicted molar refractivity (Wildman–Crippen MR) is 83.7 cm³/mol. The quantitative estimate of drug-likeness (QED) is 0.827. The fourth-order valence-corrected chi connectivity index (χ4v) is 2.63. The summed E-state index contributed by atoms with van der Waals surface area (Å²) in [6.07, 6.45) is 2.48. The van der Waals surface area contributed by atoms with Crippen LogP contribution in [0.3, 0.4) is 0 Å². The van der Waals surface area contributed by atoms with E-state index in [1.165, 1.54) is 18.0 Å². The van der Waals surface area contributed by atoms with Crippen LogP contribution in [0.1, 0.15) is 19.2 Å². The van der Waals surface area contributed by atoms with Crippen LogP contribution in [0.25, 0.3) is 0 Å². The van der Waals surface area contributed by atoms with Gasteiger partial charge in [0.1, 0.15) is 11.6 Å². The molecule has 2 heterocycles. The van der Waals surface area contributed by atoms with E-state index in [1.807, 2.05) is 11.5 Å². The van der Waals surface area contributed by atoms with Gasteiger partial charge in [0.15, 0.2) is 5.16 Å². The van der Waals surface area contributed by atoms with Crippen molar-refractivity contribution >= 4 is 35.1 Å². The number of amides is 1. The normalized spacial score (nSPS) is 10.6. The first kappa shape index (κ1) is 15.8. The van der Waals surface area contributed by atoms with Crippen LogP contribution in [0.5, 0.6) is 0 Å². The van der Waals surface area contributed by atoms with Crippen LogP contribution in [0.4, 0.5) is 5.82 Å².